The van der Waals surface area contributed by atoms with Crippen LogP contribution < -0.4 is 9.47 Å². The van der Waals surface area contributed by atoms with Gasteiger partial charge in [-0.05, 0) is 19.1 Å². The number of hydrogen-bond donors (Lipinski definition) is 0. The van der Waals surface area contributed by atoms with Crippen LogP contribution in [0.3, 0.4) is 0 Å². The van der Waals surface area contributed by atoms with Crippen molar-refractivity contribution in [2.75, 3.05) is 26.8 Å². The topological polar surface area (TPSA) is 82.1 Å². The van der Waals surface area contributed by atoms with Gasteiger partial charge in [0.05, 0.1) is 7.11 Å². The predicted molar refractivity (Wildman–Crippen MR) is 82.7 cm³/mol. The van der Waals surface area contributed by atoms with Crippen LogP contribution in [0.5, 0.6) is 11.5 Å². The summed E-state index contributed by atoms with van der Waals surface area (Å²) in [5.74, 6) is -0.0477. The van der Waals surface area contributed by atoms with Gasteiger partial charge in [0.25, 0.3) is 5.91 Å². The lowest BCUT2D eigenvalue weighted by atomic mass is 9.80. The summed E-state index contributed by atoms with van der Waals surface area (Å²) in [5.41, 5.74) is -1.34. The van der Waals surface area contributed by atoms with Crippen LogP contribution in [0.25, 0.3) is 0 Å². The van der Waals surface area contributed by atoms with Gasteiger partial charge >= 0.3 is 5.97 Å². The Morgan fingerprint density at radius 2 is 2.00 bits per heavy atom. The second-order valence-electron chi connectivity index (χ2n) is 6.12. The lowest BCUT2D eigenvalue weighted by Gasteiger charge is -2.39. The van der Waals surface area contributed by atoms with Crippen LogP contribution in [0.4, 0.5) is 0 Å². The third kappa shape index (κ3) is 2.70. The fraction of sp³-hybridized carbons (Fsp3) is 0.471. The average Bonchev–Trinajstić information content (AvgIpc) is 2.62. The van der Waals surface area contributed by atoms with E-state index in [0.717, 1.165) is 0 Å². The Bertz CT molecular complexity index is 677. The number of piperidine rings is 1. The predicted octanol–water partition coefficient (Wildman–Crippen LogP) is 0.807. The highest BCUT2D eigenvalue weighted by atomic mass is 16.6. The second kappa shape index (κ2) is 6.14. The Labute approximate surface area is 139 Å². The minimum atomic E-state index is -1.34. The van der Waals surface area contributed by atoms with Gasteiger partial charge in [-0.15, -0.1) is 0 Å². The molecule has 24 heavy (non-hydrogen) atoms. The van der Waals surface area contributed by atoms with Crippen LogP contribution in [0.15, 0.2) is 24.3 Å². The quantitative estimate of drug-likeness (QED) is 0.588. The fourth-order valence-electron chi connectivity index (χ4n) is 3.00. The van der Waals surface area contributed by atoms with Gasteiger partial charge in [-0.2, -0.15) is 0 Å². The third-order valence-electron chi connectivity index (χ3n) is 4.46. The molecule has 0 aromatic heterocycles. The SMILES string of the molecule is COC(=O)C1(C)CN(C(=O)C2COc3ccccc3O2)CCC1=O. The zero-order valence-electron chi connectivity index (χ0n) is 13.6. The van der Waals surface area contributed by atoms with Crippen molar-refractivity contribution in [3.8, 4) is 11.5 Å². The molecule has 3 rings (SSSR count). The van der Waals surface area contributed by atoms with Crippen molar-refractivity contribution in [3.05, 3.63) is 24.3 Å². The van der Waals surface area contributed by atoms with Crippen molar-refractivity contribution in [2.24, 2.45) is 5.41 Å². The number of ether oxygens (including phenoxy) is 3. The number of para-hydroxylation sites is 2. The van der Waals surface area contributed by atoms with Crippen LogP contribution in [-0.2, 0) is 19.1 Å². The van der Waals surface area contributed by atoms with Crippen LogP contribution in [0.2, 0.25) is 0 Å². The van der Waals surface area contributed by atoms with Crippen LogP contribution in [0, 0.1) is 5.41 Å². The van der Waals surface area contributed by atoms with E-state index in [4.69, 9.17) is 14.2 Å². The van der Waals surface area contributed by atoms with Gasteiger partial charge in [0.2, 0.25) is 6.10 Å². The van der Waals surface area contributed by atoms with Gasteiger partial charge in [0.15, 0.2) is 17.3 Å². The summed E-state index contributed by atoms with van der Waals surface area (Å²) in [4.78, 5) is 38.3. The summed E-state index contributed by atoms with van der Waals surface area (Å²) in [6.45, 7) is 1.84. The summed E-state index contributed by atoms with van der Waals surface area (Å²) in [6.07, 6.45) is -0.684. The lowest BCUT2D eigenvalue weighted by molar-refractivity contribution is -0.163. The molecule has 1 aromatic carbocycles. The number of amides is 1. The van der Waals surface area contributed by atoms with E-state index in [9.17, 15) is 14.4 Å². The number of carbonyl (C=O) groups is 3. The monoisotopic (exact) mass is 333 g/mol. The first kappa shape index (κ1) is 16.3. The number of fused-ring (bicyclic) bond motifs is 1. The molecule has 1 fully saturated rings. The molecule has 2 aliphatic heterocycles. The number of rotatable bonds is 2. The molecule has 0 radical (unpaired) electrons. The molecular weight excluding hydrogens is 314 g/mol. The van der Waals surface area contributed by atoms with Gasteiger partial charge in [0, 0.05) is 19.5 Å². The van der Waals surface area contributed by atoms with E-state index in [2.05, 4.69) is 0 Å². The lowest BCUT2D eigenvalue weighted by Crippen LogP contribution is -2.57. The number of hydrogen-bond acceptors (Lipinski definition) is 6. The number of likely N-dealkylation sites (tertiary alicyclic amines) is 1. The highest BCUT2D eigenvalue weighted by molar-refractivity contribution is 6.05. The molecule has 2 heterocycles. The third-order valence-corrected chi connectivity index (χ3v) is 4.46. The Balaban J connectivity index is 1.74. The molecule has 0 spiro atoms. The first-order chi connectivity index (χ1) is 11.5. The molecule has 0 saturated carbocycles. The molecule has 128 valence electrons. The minimum Gasteiger partial charge on any atom is -0.485 e. The molecule has 7 heteroatoms. The van der Waals surface area contributed by atoms with E-state index >= 15 is 0 Å². The van der Waals surface area contributed by atoms with E-state index in [0.29, 0.717) is 11.5 Å². The first-order valence-electron chi connectivity index (χ1n) is 7.74. The number of benzene rings is 1. The number of methoxy groups -OCH3 is 1. The molecule has 0 bridgehead atoms. The maximum Gasteiger partial charge on any atom is 0.320 e. The average molecular weight is 333 g/mol. The van der Waals surface area contributed by atoms with Crippen LogP contribution in [-0.4, -0.2) is 55.5 Å². The number of nitrogens with zero attached hydrogens (tertiary/aromatic N) is 1. The highest BCUT2D eigenvalue weighted by Gasteiger charge is 2.48. The molecule has 1 aromatic rings. The number of esters is 1. The molecule has 1 amide bonds. The Morgan fingerprint density at radius 3 is 2.71 bits per heavy atom. The Kier molecular flexibility index (Phi) is 4.17. The second-order valence-corrected chi connectivity index (χ2v) is 6.12. The smallest absolute Gasteiger partial charge is 0.320 e. The number of ketones is 1. The minimum absolute atomic E-state index is 0.0150. The van der Waals surface area contributed by atoms with Crippen LogP contribution >= 0.6 is 0 Å². The van der Waals surface area contributed by atoms with Gasteiger partial charge in [-0.25, -0.2) is 0 Å². The maximum absolute atomic E-state index is 12.7. The van der Waals surface area contributed by atoms with Gasteiger partial charge in [-0.1, -0.05) is 12.1 Å². The Hall–Kier alpha value is -2.57. The number of carbonyl (C=O) groups excluding carboxylic acids is 3. The van der Waals surface area contributed by atoms with Crippen molar-refractivity contribution >= 4 is 17.7 Å². The summed E-state index contributed by atoms with van der Waals surface area (Å²) in [7, 11) is 1.23. The standard InChI is InChI=1S/C17H19NO6/c1-17(16(21)22-2)10-18(8-7-14(17)19)15(20)13-9-23-11-5-3-4-6-12(11)24-13/h3-6,13H,7-10H2,1-2H3. The molecule has 7 nitrogen and oxygen atoms in total. The molecule has 2 aliphatic rings. The summed E-state index contributed by atoms with van der Waals surface area (Å²) < 4.78 is 16.0. The van der Waals surface area contributed by atoms with E-state index in [1.54, 1.807) is 18.2 Å². The van der Waals surface area contributed by atoms with Gasteiger partial charge < -0.3 is 19.1 Å². The molecule has 2 atom stereocenters. The zero-order chi connectivity index (χ0) is 17.3. The summed E-state index contributed by atoms with van der Waals surface area (Å²) in [6, 6.07) is 7.11. The van der Waals surface area contributed by atoms with E-state index in [-0.39, 0.29) is 37.8 Å². The summed E-state index contributed by atoms with van der Waals surface area (Å²) >= 11 is 0. The van der Waals surface area contributed by atoms with Gasteiger partial charge in [0.1, 0.15) is 12.0 Å². The van der Waals surface area contributed by atoms with E-state index in [1.807, 2.05) is 6.07 Å². The Morgan fingerprint density at radius 1 is 1.29 bits per heavy atom. The zero-order valence-corrected chi connectivity index (χ0v) is 13.6. The molecule has 0 N–H and O–H groups in total. The van der Waals surface area contributed by atoms with Crippen molar-refractivity contribution in [1.29, 1.82) is 0 Å². The van der Waals surface area contributed by atoms with E-state index < -0.39 is 17.5 Å². The molecule has 0 aliphatic carbocycles. The van der Waals surface area contributed by atoms with Crippen molar-refractivity contribution in [1.82, 2.24) is 4.90 Å². The van der Waals surface area contributed by atoms with Crippen molar-refractivity contribution in [3.63, 3.8) is 0 Å². The first-order valence-corrected chi connectivity index (χ1v) is 7.74. The van der Waals surface area contributed by atoms with Gasteiger partial charge in [-0.3, -0.25) is 14.4 Å². The molecular formula is C17H19NO6. The van der Waals surface area contributed by atoms with Crippen LogP contribution in [0.1, 0.15) is 13.3 Å². The normalized spacial score (nSPS) is 26.0. The number of Topliss-reactive ketones (excluding diaryl/α,β-unsaturated/α-hetero) is 1. The van der Waals surface area contributed by atoms with E-state index in [1.165, 1.54) is 18.9 Å². The summed E-state index contributed by atoms with van der Waals surface area (Å²) in [5, 5.41) is 0. The largest absolute Gasteiger partial charge is 0.485 e. The van der Waals surface area contributed by atoms with Crippen molar-refractivity contribution < 1.29 is 28.6 Å². The maximum atomic E-state index is 12.7. The highest BCUT2D eigenvalue weighted by Crippen LogP contribution is 2.33. The molecule has 2 unspecified atom stereocenters. The fourth-order valence-corrected chi connectivity index (χ4v) is 3.00. The molecule has 1 saturated heterocycles. The van der Waals surface area contributed by atoms with Crippen molar-refractivity contribution in [2.45, 2.75) is 19.4 Å².